The zero-order valence-corrected chi connectivity index (χ0v) is 16.5. The standard InChI is InChI=1S/C20H26N6O2/c1-4-25-8-10-26(11-9-25)20(28)18-13-19(22-14(2)21-18)24-17-7-5-6-16(12-17)23-15(3)27/h5-7,12-13H,4,8-11H2,1-3H3,(H,23,27)(H,21,22,24). The second kappa shape index (κ2) is 8.79. The van der Waals surface area contributed by atoms with Gasteiger partial charge in [0.2, 0.25) is 5.91 Å². The van der Waals surface area contributed by atoms with Crippen molar-refractivity contribution in [1.82, 2.24) is 19.8 Å². The molecule has 8 heteroatoms. The highest BCUT2D eigenvalue weighted by atomic mass is 16.2. The van der Waals surface area contributed by atoms with Gasteiger partial charge in [0.15, 0.2) is 0 Å². The van der Waals surface area contributed by atoms with E-state index in [-0.39, 0.29) is 11.8 Å². The van der Waals surface area contributed by atoms with E-state index in [1.165, 1.54) is 6.92 Å². The van der Waals surface area contributed by atoms with E-state index in [1.807, 2.05) is 29.2 Å². The molecule has 0 atom stereocenters. The van der Waals surface area contributed by atoms with Crippen LogP contribution in [0, 0.1) is 6.92 Å². The second-order valence-corrected chi connectivity index (χ2v) is 6.80. The Labute approximate surface area is 165 Å². The maximum Gasteiger partial charge on any atom is 0.272 e. The highest BCUT2D eigenvalue weighted by molar-refractivity contribution is 5.93. The minimum Gasteiger partial charge on any atom is -0.340 e. The first-order valence-electron chi connectivity index (χ1n) is 9.46. The minimum atomic E-state index is -0.133. The topological polar surface area (TPSA) is 90.5 Å². The second-order valence-electron chi connectivity index (χ2n) is 6.80. The van der Waals surface area contributed by atoms with Crippen molar-refractivity contribution in [3.8, 4) is 0 Å². The third-order valence-corrected chi connectivity index (χ3v) is 4.62. The molecule has 8 nitrogen and oxygen atoms in total. The molecule has 0 bridgehead atoms. The molecule has 148 valence electrons. The van der Waals surface area contributed by atoms with Gasteiger partial charge in [-0.05, 0) is 31.7 Å². The fraction of sp³-hybridized carbons (Fsp3) is 0.400. The number of benzene rings is 1. The molecule has 1 aromatic heterocycles. The van der Waals surface area contributed by atoms with Crippen molar-refractivity contribution in [1.29, 1.82) is 0 Å². The lowest BCUT2D eigenvalue weighted by molar-refractivity contribution is -0.114. The highest BCUT2D eigenvalue weighted by Crippen LogP contribution is 2.20. The molecule has 2 aromatic rings. The maximum absolute atomic E-state index is 12.9. The summed E-state index contributed by atoms with van der Waals surface area (Å²) >= 11 is 0. The zero-order chi connectivity index (χ0) is 20.1. The molecule has 2 heterocycles. The molecule has 28 heavy (non-hydrogen) atoms. The number of piperazine rings is 1. The first kappa shape index (κ1) is 19.8. The van der Waals surface area contributed by atoms with Crippen molar-refractivity contribution in [3.05, 3.63) is 41.9 Å². The molecule has 0 spiro atoms. The normalized spacial score (nSPS) is 14.6. The number of carbonyl (C=O) groups is 2. The summed E-state index contributed by atoms with van der Waals surface area (Å²) in [7, 11) is 0. The van der Waals surface area contributed by atoms with Crippen LogP contribution >= 0.6 is 0 Å². The van der Waals surface area contributed by atoms with E-state index in [0.29, 0.717) is 36.1 Å². The summed E-state index contributed by atoms with van der Waals surface area (Å²) < 4.78 is 0. The highest BCUT2D eigenvalue weighted by Gasteiger charge is 2.23. The zero-order valence-electron chi connectivity index (χ0n) is 16.5. The van der Waals surface area contributed by atoms with Crippen molar-refractivity contribution in [2.45, 2.75) is 20.8 Å². The maximum atomic E-state index is 12.9. The minimum absolute atomic E-state index is 0.0729. The number of hydrogen-bond donors (Lipinski definition) is 2. The third-order valence-electron chi connectivity index (χ3n) is 4.62. The summed E-state index contributed by atoms with van der Waals surface area (Å²) in [6.45, 7) is 9.54. The summed E-state index contributed by atoms with van der Waals surface area (Å²) in [5, 5.41) is 5.94. The molecule has 1 saturated heterocycles. The molecular weight excluding hydrogens is 356 g/mol. The Hall–Kier alpha value is -3.00. The molecule has 1 aromatic carbocycles. The fourth-order valence-corrected chi connectivity index (χ4v) is 3.20. The molecule has 0 saturated carbocycles. The molecule has 3 rings (SSSR count). The summed E-state index contributed by atoms with van der Waals surface area (Å²) in [6, 6.07) is 8.99. The van der Waals surface area contributed by atoms with E-state index in [4.69, 9.17) is 0 Å². The van der Waals surface area contributed by atoms with Gasteiger partial charge in [-0.2, -0.15) is 0 Å². The van der Waals surface area contributed by atoms with Crippen LogP contribution in [0.25, 0.3) is 0 Å². The van der Waals surface area contributed by atoms with Crippen molar-refractivity contribution in [2.75, 3.05) is 43.4 Å². The van der Waals surface area contributed by atoms with E-state index in [0.717, 1.165) is 25.3 Å². The number of anilines is 3. The van der Waals surface area contributed by atoms with Crippen LogP contribution in [0.5, 0.6) is 0 Å². The van der Waals surface area contributed by atoms with Crippen molar-refractivity contribution < 1.29 is 9.59 Å². The van der Waals surface area contributed by atoms with E-state index in [9.17, 15) is 9.59 Å². The number of nitrogens with zero attached hydrogens (tertiary/aromatic N) is 4. The molecule has 0 radical (unpaired) electrons. The van der Waals surface area contributed by atoms with Gasteiger partial charge in [0.05, 0.1) is 0 Å². The van der Waals surface area contributed by atoms with Gasteiger partial charge in [-0.15, -0.1) is 0 Å². The molecular formula is C20H26N6O2. The summed E-state index contributed by atoms with van der Waals surface area (Å²) in [5.41, 5.74) is 1.84. The van der Waals surface area contributed by atoms with Crippen LogP contribution in [0.3, 0.4) is 0 Å². The smallest absolute Gasteiger partial charge is 0.272 e. The number of aromatic nitrogens is 2. The Bertz CT molecular complexity index is 862. The van der Waals surface area contributed by atoms with Gasteiger partial charge >= 0.3 is 0 Å². The predicted molar refractivity (Wildman–Crippen MR) is 109 cm³/mol. The number of carbonyl (C=O) groups excluding carboxylic acids is 2. The Kier molecular flexibility index (Phi) is 6.20. The van der Waals surface area contributed by atoms with Gasteiger partial charge in [-0.1, -0.05) is 13.0 Å². The van der Waals surface area contributed by atoms with Crippen LogP contribution in [-0.2, 0) is 4.79 Å². The van der Waals surface area contributed by atoms with Gasteiger partial charge in [0.1, 0.15) is 17.3 Å². The summed E-state index contributed by atoms with van der Waals surface area (Å²) in [6.07, 6.45) is 0. The van der Waals surface area contributed by atoms with Crippen molar-refractivity contribution in [2.24, 2.45) is 0 Å². The molecule has 0 unspecified atom stereocenters. The largest absolute Gasteiger partial charge is 0.340 e. The van der Waals surface area contributed by atoms with Crippen LogP contribution in [0.15, 0.2) is 30.3 Å². The van der Waals surface area contributed by atoms with E-state index in [1.54, 1.807) is 13.0 Å². The van der Waals surface area contributed by atoms with Gasteiger partial charge in [-0.25, -0.2) is 9.97 Å². The fourth-order valence-electron chi connectivity index (χ4n) is 3.20. The van der Waals surface area contributed by atoms with Crippen LogP contribution in [0.4, 0.5) is 17.2 Å². The van der Waals surface area contributed by atoms with Gasteiger partial charge in [0, 0.05) is 50.5 Å². The Morgan fingerprint density at radius 2 is 1.79 bits per heavy atom. The van der Waals surface area contributed by atoms with Crippen LogP contribution < -0.4 is 10.6 Å². The van der Waals surface area contributed by atoms with Crippen molar-refractivity contribution >= 4 is 29.0 Å². The van der Waals surface area contributed by atoms with Crippen molar-refractivity contribution in [3.63, 3.8) is 0 Å². The quantitative estimate of drug-likeness (QED) is 0.824. The molecule has 0 aliphatic carbocycles. The van der Waals surface area contributed by atoms with E-state index >= 15 is 0 Å². The van der Waals surface area contributed by atoms with Gasteiger partial charge in [-0.3, -0.25) is 9.59 Å². The molecule has 2 amide bonds. The monoisotopic (exact) mass is 382 g/mol. The first-order chi connectivity index (χ1) is 13.4. The van der Waals surface area contributed by atoms with E-state index < -0.39 is 0 Å². The number of amides is 2. The number of rotatable bonds is 5. The SMILES string of the molecule is CCN1CCN(C(=O)c2cc(Nc3cccc(NC(C)=O)c3)nc(C)n2)CC1. The molecule has 1 aliphatic rings. The lowest BCUT2D eigenvalue weighted by Gasteiger charge is -2.33. The number of nitrogens with one attached hydrogen (secondary N) is 2. The lowest BCUT2D eigenvalue weighted by atomic mass is 10.2. The molecule has 2 N–H and O–H groups in total. The summed E-state index contributed by atoms with van der Waals surface area (Å²) in [5.74, 6) is 0.865. The van der Waals surface area contributed by atoms with Gasteiger partial charge in [0.25, 0.3) is 5.91 Å². The summed E-state index contributed by atoms with van der Waals surface area (Å²) in [4.78, 5) is 37.0. The Morgan fingerprint density at radius 1 is 1.07 bits per heavy atom. The molecule has 1 fully saturated rings. The number of hydrogen-bond acceptors (Lipinski definition) is 6. The average Bonchev–Trinajstić information content (AvgIpc) is 2.67. The van der Waals surface area contributed by atoms with E-state index in [2.05, 4.69) is 32.4 Å². The number of likely N-dealkylation sites (N-methyl/N-ethyl adjacent to an activating group) is 1. The lowest BCUT2D eigenvalue weighted by Crippen LogP contribution is -2.48. The first-order valence-corrected chi connectivity index (χ1v) is 9.46. The molecule has 1 aliphatic heterocycles. The van der Waals surface area contributed by atoms with Crippen LogP contribution in [-0.4, -0.2) is 64.3 Å². The number of aryl methyl sites for hydroxylation is 1. The van der Waals surface area contributed by atoms with Crippen LogP contribution in [0.1, 0.15) is 30.2 Å². The third kappa shape index (κ3) is 5.04. The Balaban J connectivity index is 1.75. The van der Waals surface area contributed by atoms with Gasteiger partial charge < -0.3 is 20.4 Å². The van der Waals surface area contributed by atoms with Crippen LogP contribution in [0.2, 0.25) is 0 Å². The average molecular weight is 382 g/mol. The predicted octanol–water partition coefficient (Wildman–Crippen LogP) is 2.26. The Morgan fingerprint density at radius 3 is 2.46 bits per heavy atom.